The van der Waals surface area contributed by atoms with E-state index in [1.54, 1.807) is 31.2 Å². The average Bonchev–Trinajstić information content (AvgIpc) is 2.39. The van der Waals surface area contributed by atoms with Gasteiger partial charge in [-0.05, 0) is 44.5 Å². The molecule has 0 saturated heterocycles. The van der Waals surface area contributed by atoms with Crippen LogP contribution in [-0.2, 0) is 4.79 Å². The Morgan fingerprint density at radius 3 is 2.42 bits per heavy atom. The monoisotopic (exact) mass is 263 g/mol. The van der Waals surface area contributed by atoms with Crippen LogP contribution in [0.15, 0.2) is 24.3 Å². The molecule has 0 heterocycles. The lowest BCUT2D eigenvalue weighted by atomic mass is 10.1. The lowest BCUT2D eigenvalue weighted by molar-refractivity contribution is -0.127. The molecule has 4 heteroatoms. The molecule has 1 amide bonds. The van der Waals surface area contributed by atoms with E-state index in [1.165, 1.54) is 6.92 Å². The zero-order chi connectivity index (χ0) is 14.3. The molecule has 1 rings (SSSR count). The van der Waals surface area contributed by atoms with Gasteiger partial charge in [0.25, 0.3) is 5.91 Å². The van der Waals surface area contributed by atoms with Crippen molar-refractivity contribution in [1.29, 1.82) is 0 Å². The van der Waals surface area contributed by atoms with Gasteiger partial charge in [0.2, 0.25) is 0 Å². The minimum absolute atomic E-state index is 0.0110. The normalized spacial score (nSPS) is 11.7. The summed E-state index contributed by atoms with van der Waals surface area (Å²) in [4.78, 5) is 22.8. The molecule has 0 radical (unpaired) electrons. The highest BCUT2D eigenvalue weighted by molar-refractivity contribution is 5.94. The van der Waals surface area contributed by atoms with Crippen LogP contribution in [0, 0.1) is 0 Å². The number of benzene rings is 1. The van der Waals surface area contributed by atoms with E-state index >= 15 is 0 Å². The van der Waals surface area contributed by atoms with Gasteiger partial charge >= 0.3 is 0 Å². The summed E-state index contributed by atoms with van der Waals surface area (Å²) in [6.45, 7) is 5.97. The summed E-state index contributed by atoms with van der Waals surface area (Å²) in [5.74, 6) is 0.476. The van der Waals surface area contributed by atoms with Gasteiger partial charge in [-0.15, -0.1) is 0 Å². The van der Waals surface area contributed by atoms with E-state index in [0.717, 1.165) is 12.8 Å². The number of ketones is 1. The third kappa shape index (κ3) is 5.12. The molecule has 1 N–H and O–H groups in total. The van der Waals surface area contributed by atoms with Crippen molar-refractivity contribution in [3.8, 4) is 5.75 Å². The number of Topliss-reactive ketones (excluding diaryl/α,β-unsaturated/α-hetero) is 1. The smallest absolute Gasteiger partial charge is 0.260 e. The molecule has 0 aliphatic rings. The molecule has 0 aromatic heterocycles. The number of amides is 1. The largest absolute Gasteiger partial charge is 0.481 e. The Kier molecular flexibility index (Phi) is 6.06. The third-order valence-electron chi connectivity index (χ3n) is 2.77. The number of nitrogens with one attached hydrogen (secondary N) is 1. The van der Waals surface area contributed by atoms with Gasteiger partial charge in [0.05, 0.1) is 0 Å². The van der Waals surface area contributed by atoms with Crippen LogP contribution >= 0.6 is 0 Å². The van der Waals surface area contributed by atoms with Crippen LogP contribution in [0.3, 0.4) is 0 Å². The fraction of sp³-hybridized carbons (Fsp3) is 0.467. The van der Waals surface area contributed by atoms with Crippen molar-refractivity contribution in [1.82, 2.24) is 5.32 Å². The first-order valence-corrected chi connectivity index (χ1v) is 6.60. The lowest BCUT2D eigenvalue weighted by Crippen LogP contribution is -2.36. The summed E-state index contributed by atoms with van der Waals surface area (Å²) in [5, 5.41) is 2.82. The van der Waals surface area contributed by atoms with E-state index in [4.69, 9.17) is 4.74 Å². The van der Waals surface area contributed by atoms with E-state index in [2.05, 4.69) is 12.2 Å². The minimum atomic E-state index is -0.542. The van der Waals surface area contributed by atoms with Crippen molar-refractivity contribution in [3.63, 3.8) is 0 Å². The van der Waals surface area contributed by atoms with Crippen molar-refractivity contribution in [3.05, 3.63) is 29.8 Å². The van der Waals surface area contributed by atoms with Crippen molar-refractivity contribution < 1.29 is 14.3 Å². The van der Waals surface area contributed by atoms with Crippen LogP contribution in [-0.4, -0.2) is 24.3 Å². The Bertz CT molecular complexity index is 426. The van der Waals surface area contributed by atoms with Crippen LogP contribution in [0.4, 0.5) is 0 Å². The predicted octanol–water partition coefficient (Wildman–Crippen LogP) is 2.57. The molecule has 1 aromatic rings. The molecule has 0 bridgehead atoms. The minimum Gasteiger partial charge on any atom is -0.481 e. The van der Waals surface area contributed by atoms with E-state index < -0.39 is 6.10 Å². The van der Waals surface area contributed by atoms with E-state index in [-0.39, 0.29) is 11.7 Å². The molecule has 1 unspecified atom stereocenters. The maximum atomic E-state index is 11.7. The molecule has 0 saturated carbocycles. The fourth-order valence-corrected chi connectivity index (χ4v) is 1.56. The summed E-state index contributed by atoms with van der Waals surface area (Å²) in [5.41, 5.74) is 0.632. The van der Waals surface area contributed by atoms with Crippen molar-refractivity contribution >= 4 is 11.7 Å². The van der Waals surface area contributed by atoms with Crippen LogP contribution in [0.2, 0.25) is 0 Å². The van der Waals surface area contributed by atoms with Crippen molar-refractivity contribution in [2.45, 2.75) is 39.7 Å². The zero-order valence-electron chi connectivity index (χ0n) is 11.7. The molecular formula is C15H21NO3. The first-order valence-electron chi connectivity index (χ1n) is 6.60. The second kappa shape index (κ2) is 7.56. The summed E-state index contributed by atoms with van der Waals surface area (Å²) >= 11 is 0. The number of unbranched alkanes of at least 4 members (excludes halogenated alkanes) is 1. The Morgan fingerprint density at radius 2 is 1.89 bits per heavy atom. The number of rotatable bonds is 7. The number of hydrogen-bond donors (Lipinski definition) is 1. The van der Waals surface area contributed by atoms with E-state index in [0.29, 0.717) is 17.9 Å². The average molecular weight is 263 g/mol. The predicted molar refractivity (Wildman–Crippen MR) is 74.5 cm³/mol. The zero-order valence-corrected chi connectivity index (χ0v) is 11.7. The molecule has 0 aliphatic heterocycles. The first kappa shape index (κ1) is 15.2. The lowest BCUT2D eigenvalue weighted by Gasteiger charge is -2.14. The molecule has 1 atom stereocenters. The van der Waals surface area contributed by atoms with Gasteiger partial charge in [-0.1, -0.05) is 13.3 Å². The molecule has 0 spiro atoms. The summed E-state index contributed by atoms with van der Waals surface area (Å²) in [6.07, 6.45) is 1.47. The van der Waals surface area contributed by atoms with Gasteiger partial charge < -0.3 is 10.1 Å². The first-order chi connectivity index (χ1) is 9.04. The topological polar surface area (TPSA) is 55.4 Å². The number of carbonyl (C=O) groups is 2. The second-order valence-electron chi connectivity index (χ2n) is 4.49. The van der Waals surface area contributed by atoms with Gasteiger partial charge in [0.1, 0.15) is 5.75 Å². The maximum absolute atomic E-state index is 11.7. The highest BCUT2D eigenvalue weighted by Gasteiger charge is 2.13. The van der Waals surface area contributed by atoms with E-state index in [9.17, 15) is 9.59 Å². The van der Waals surface area contributed by atoms with Crippen molar-refractivity contribution in [2.24, 2.45) is 0 Å². The van der Waals surface area contributed by atoms with Gasteiger partial charge in [0.15, 0.2) is 11.9 Å². The molecule has 0 aliphatic carbocycles. The van der Waals surface area contributed by atoms with Gasteiger partial charge in [-0.25, -0.2) is 0 Å². The SMILES string of the molecule is CCCCNC(=O)C(C)Oc1ccc(C(C)=O)cc1. The number of ether oxygens (including phenoxy) is 1. The Labute approximate surface area is 114 Å². The standard InChI is InChI=1S/C15H21NO3/c1-4-5-10-16-15(18)12(3)19-14-8-6-13(7-9-14)11(2)17/h6-9,12H,4-5,10H2,1-3H3,(H,16,18). The molecule has 1 aromatic carbocycles. The highest BCUT2D eigenvalue weighted by Crippen LogP contribution is 2.14. The van der Waals surface area contributed by atoms with Gasteiger partial charge in [-0.2, -0.15) is 0 Å². The van der Waals surface area contributed by atoms with Gasteiger partial charge in [0, 0.05) is 12.1 Å². The fourth-order valence-electron chi connectivity index (χ4n) is 1.56. The quantitative estimate of drug-likeness (QED) is 0.607. The van der Waals surface area contributed by atoms with Crippen LogP contribution in [0.5, 0.6) is 5.75 Å². The molecule has 104 valence electrons. The molecular weight excluding hydrogens is 242 g/mol. The maximum Gasteiger partial charge on any atom is 0.260 e. The number of hydrogen-bond acceptors (Lipinski definition) is 3. The third-order valence-corrected chi connectivity index (χ3v) is 2.77. The van der Waals surface area contributed by atoms with Crippen LogP contribution in [0.25, 0.3) is 0 Å². The van der Waals surface area contributed by atoms with Crippen LogP contribution < -0.4 is 10.1 Å². The molecule has 0 fully saturated rings. The van der Waals surface area contributed by atoms with E-state index in [1.807, 2.05) is 0 Å². The number of carbonyl (C=O) groups excluding carboxylic acids is 2. The Hall–Kier alpha value is -1.84. The highest BCUT2D eigenvalue weighted by atomic mass is 16.5. The summed E-state index contributed by atoms with van der Waals surface area (Å²) in [6, 6.07) is 6.79. The summed E-state index contributed by atoms with van der Waals surface area (Å²) in [7, 11) is 0. The van der Waals surface area contributed by atoms with Crippen molar-refractivity contribution in [2.75, 3.05) is 6.54 Å². The Balaban J connectivity index is 2.49. The Morgan fingerprint density at radius 1 is 1.26 bits per heavy atom. The van der Waals surface area contributed by atoms with Gasteiger partial charge in [-0.3, -0.25) is 9.59 Å². The van der Waals surface area contributed by atoms with Crippen LogP contribution in [0.1, 0.15) is 44.0 Å². The second-order valence-corrected chi connectivity index (χ2v) is 4.49. The molecule has 19 heavy (non-hydrogen) atoms. The molecule has 4 nitrogen and oxygen atoms in total. The summed E-state index contributed by atoms with van der Waals surface area (Å²) < 4.78 is 5.52.